The summed E-state index contributed by atoms with van der Waals surface area (Å²) in [5.41, 5.74) is 1.69. The fraction of sp³-hybridized carbons (Fsp3) is 0.500. The zero-order valence-corrected chi connectivity index (χ0v) is 14.0. The number of esters is 1. The molecule has 5 heteroatoms. The van der Waals surface area contributed by atoms with Crippen molar-refractivity contribution >= 4 is 27.8 Å². The summed E-state index contributed by atoms with van der Waals surface area (Å²) in [7, 11) is 0. The van der Waals surface area contributed by atoms with Gasteiger partial charge >= 0.3 is 5.97 Å². The van der Waals surface area contributed by atoms with Gasteiger partial charge in [0.25, 0.3) is 5.91 Å². The molecule has 0 unspecified atom stereocenters. The third kappa shape index (κ3) is 4.06. The normalized spacial score (nSPS) is 18.4. The second kappa shape index (κ2) is 7.07. The van der Waals surface area contributed by atoms with Crippen molar-refractivity contribution in [2.24, 2.45) is 5.92 Å². The first-order chi connectivity index (χ1) is 10.0. The number of benzene rings is 1. The predicted octanol–water partition coefficient (Wildman–Crippen LogP) is 3.17. The van der Waals surface area contributed by atoms with Gasteiger partial charge in [-0.2, -0.15) is 0 Å². The van der Waals surface area contributed by atoms with Crippen molar-refractivity contribution in [1.82, 2.24) is 4.90 Å². The van der Waals surface area contributed by atoms with Crippen LogP contribution in [0.1, 0.15) is 35.7 Å². The van der Waals surface area contributed by atoms with Gasteiger partial charge in [0.05, 0.1) is 12.5 Å². The van der Waals surface area contributed by atoms with Crippen molar-refractivity contribution in [3.63, 3.8) is 0 Å². The van der Waals surface area contributed by atoms with Gasteiger partial charge in [-0.3, -0.25) is 9.59 Å². The standard InChI is InChI=1S/C16H20BrNO3/c1-3-21-16(20)12-5-4-6-18(10-12)15(19)13-7-11(2)8-14(17)9-13/h7-9,12H,3-6,10H2,1-2H3/t12-/m0/s1. The van der Waals surface area contributed by atoms with Gasteiger partial charge in [0, 0.05) is 23.1 Å². The zero-order chi connectivity index (χ0) is 15.4. The van der Waals surface area contributed by atoms with Crippen LogP contribution < -0.4 is 0 Å². The van der Waals surface area contributed by atoms with Crippen molar-refractivity contribution in [1.29, 1.82) is 0 Å². The highest BCUT2D eigenvalue weighted by molar-refractivity contribution is 9.10. The van der Waals surface area contributed by atoms with Crippen LogP contribution in [0.2, 0.25) is 0 Å². The fourth-order valence-corrected chi connectivity index (χ4v) is 3.26. The van der Waals surface area contributed by atoms with Crippen molar-refractivity contribution < 1.29 is 14.3 Å². The molecule has 1 amide bonds. The molecule has 0 bridgehead atoms. The molecule has 1 aliphatic rings. The maximum atomic E-state index is 12.6. The number of aryl methyl sites for hydroxylation is 1. The Hall–Kier alpha value is -1.36. The minimum Gasteiger partial charge on any atom is -0.466 e. The molecule has 1 atom stereocenters. The molecule has 1 fully saturated rings. The van der Waals surface area contributed by atoms with Crippen molar-refractivity contribution in [2.45, 2.75) is 26.7 Å². The highest BCUT2D eigenvalue weighted by Gasteiger charge is 2.29. The Labute approximate surface area is 133 Å². The first-order valence-corrected chi connectivity index (χ1v) is 8.03. The van der Waals surface area contributed by atoms with E-state index < -0.39 is 0 Å². The van der Waals surface area contributed by atoms with E-state index in [0.29, 0.717) is 25.3 Å². The van der Waals surface area contributed by atoms with Crippen LogP contribution in [0.15, 0.2) is 22.7 Å². The average Bonchev–Trinajstić information content (AvgIpc) is 2.46. The van der Waals surface area contributed by atoms with Gasteiger partial charge in [0.2, 0.25) is 0 Å². The number of likely N-dealkylation sites (tertiary alicyclic amines) is 1. The van der Waals surface area contributed by atoms with Crippen LogP contribution in [0.5, 0.6) is 0 Å². The van der Waals surface area contributed by atoms with Gasteiger partial charge in [-0.15, -0.1) is 0 Å². The third-order valence-corrected chi connectivity index (χ3v) is 4.08. The smallest absolute Gasteiger partial charge is 0.310 e. The van der Waals surface area contributed by atoms with E-state index in [1.807, 2.05) is 25.1 Å². The summed E-state index contributed by atoms with van der Waals surface area (Å²) < 4.78 is 5.96. The number of carbonyl (C=O) groups is 2. The van der Waals surface area contributed by atoms with Crippen LogP contribution in [0, 0.1) is 12.8 Å². The summed E-state index contributed by atoms with van der Waals surface area (Å²) in [4.78, 5) is 26.2. The molecule has 21 heavy (non-hydrogen) atoms. The summed E-state index contributed by atoms with van der Waals surface area (Å²) >= 11 is 3.42. The highest BCUT2D eigenvalue weighted by Crippen LogP contribution is 2.22. The second-order valence-electron chi connectivity index (χ2n) is 5.36. The largest absolute Gasteiger partial charge is 0.466 e. The highest BCUT2D eigenvalue weighted by atomic mass is 79.9. The molecule has 0 spiro atoms. The summed E-state index contributed by atoms with van der Waals surface area (Å²) in [6.07, 6.45) is 1.63. The number of hydrogen-bond donors (Lipinski definition) is 0. The summed E-state index contributed by atoms with van der Waals surface area (Å²) in [5.74, 6) is -0.412. The van der Waals surface area contributed by atoms with Gasteiger partial charge < -0.3 is 9.64 Å². The van der Waals surface area contributed by atoms with Crippen molar-refractivity contribution in [3.05, 3.63) is 33.8 Å². The van der Waals surface area contributed by atoms with Gasteiger partial charge in [-0.1, -0.05) is 15.9 Å². The molecule has 0 radical (unpaired) electrons. The molecule has 1 aromatic carbocycles. The number of ether oxygens (including phenoxy) is 1. The Morgan fingerprint density at radius 3 is 2.81 bits per heavy atom. The molecule has 114 valence electrons. The first-order valence-electron chi connectivity index (χ1n) is 7.24. The van der Waals surface area contributed by atoms with Gasteiger partial charge in [-0.25, -0.2) is 0 Å². The Kier molecular flexibility index (Phi) is 5.39. The Morgan fingerprint density at radius 2 is 2.14 bits per heavy atom. The van der Waals surface area contributed by atoms with E-state index in [1.165, 1.54) is 0 Å². The summed E-state index contributed by atoms with van der Waals surface area (Å²) in [6.45, 7) is 5.28. The monoisotopic (exact) mass is 353 g/mol. The summed E-state index contributed by atoms with van der Waals surface area (Å²) in [6, 6.07) is 5.67. The molecule has 0 aromatic heterocycles. The lowest BCUT2D eigenvalue weighted by Crippen LogP contribution is -2.42. The first kappa shape index (κ1) is 16.0. The number of carbonyl (C=O) groups excluding carboxylic acids is 2. The molecule has 1 saturated heterocycles. The Bertz CT molecular complexity index is 524. The predicted molar refractivity (Wildman–Crippen MR) is 84.1 cm³/mol. The van der Waals surface area contributed by atoms with Gasteiger partial charge in [0.15, 0.2) is 0 Å². The molecular weight excluding hydrogens is 334 g/mol. The van der Waals surface area contributed by atoms with Crippen LogP contribution in [0.25, 0.3) is 0 Å². The summed E-state index contributed by atoms with van der Waals surface area (Å²) in [5, 5.41) is 0. The molecule has 0 saturated carbocycles. The van der Waals surface area contributed by atoms with E-state index in [9.17, 15) is 9.59 Å². The fourth-order valence-electron chi connectivity index (χ4n) is 2.66. The maximum absolute atomic E-state index is 12.6. The van der Waals surface area contributed by atoms with Gasteiger partial charge in [-0.05, 0) is 50.5 Å². The van der Waals surface area contributed by atoms with Crippen LogP contribution in [0.4, 0.5) is 0 Å². The number of hydrogen-bond acceptors (Lipinski definition) is 3. The van der Waals surface area contributed by atoms with E-state index in [1.54, 1.807) is 11.8 Å². The molecular formula is C16H20BrNO3. The topological polar surface area (TPSA) is 46.6 Å². The molecule has 0 N–H and O–H groups in total. The lowest BCUT2D eigenvalue weighted by molar-refractivity contribution is -0.149. The molecule has 1 aliphatic heterocycles. The van der Waals surface area contributed by atoms with E-state index in [4.69, 9.17) is 4.74 Å². The maximum Gasteiger partial charge on any atom is 0.310 e. The van der Waals surface area contributed by atoms with E-state index >= 15 is 0 Å². The van der Waals surface area contributed by atoms with E-state index in [-0.39, 0.29) is 17.8 Å². The number of piperidine rings is 1. The molecule has 0 aliphatic carbocycles. The lowest BCUT2D eigenvalue weighted by Gasteiger charge is -2.31. The minimum absolute atomic E-state index is 0.0200. The van der Waals surface area contributed by atoms with Gasteiger partial charge in [0.1, 0.15) is 0 Å². The van der Waals surface area contributed by atoms with E-state index in [2.05, 4.69) is 15.9 Å². The minimum atomic E-state index is -0.198. The van der Waals surface area contributed by atoms with Crippen molar-refractivity contribution in [3.8, 4) is 0 Å². The Morgan fingerprint density at radius 1 is 1.38 bits per heavy atom. The molecule has 4 nitrogen and oxygen atoms in total. The zero-order valence-electron chi connectivity index (χ0n) is 12.4. The Balaban J connectivity index is 2.10. The van der Waals surface area contributed by atoms with Crippen LogP contribution in [-0.2, 0) is 9.53 Å². The van der Waals surface area contributed by atoms with Crippen LogP contribution >= 0.6 is 15.9 Å². The lowest BCUT2D eigenvalue weighted by atomic mass is 9.97. The molecule has 1 heterocycles. The molecule has 2 rings (SSSR count). The molecule has 1 aromatic rings. The number of amides is 1. The number of rotatable bonds is 3. The third-order valence-electron chi connectivity index (χ3n) is 3.62. The number of halogens is 1. The van der Waals surface area contributed by atoms with E-state index in [0.717, 1.165) is 22.9 Å². The van der Waals surface area contributed by atoms with Crippen LogP contribution in [0.3, 0.4) is 0 Å². The van der Waals surface area contributed by atoms with Crippen LogP contribution in [-0.4, -0.2) is 36.5 Å². The SMILES string of the molecule is CCOC(=O)[C@H]1CCCN(C(=O)c2cc(C)cc(Br)c2)C1. The second-order valence-corrected chi connectivity index (χ2v) is 6.28. The quantitative estimate of drug-likeness (QED) is 0.784. The average molecular weight is 354 g/mol. The number of nitrogens with zero attached hydrogens (tertiary/aromatic N) is 1. The van der Waals surface area contributed by atoms with Crippen molar-refractivity contribution in [2.75, 3.05) is 19.7 Å².